The first-order valence-corrected chi connectivity index (χ1v) is 6.23. The fourth-order valence-corrected chi connectivity index (χ4v) is 1.57. The predicted octanol–water partition coefficient (Wildman–Crippen LogP) is 1.89. The first kappa shape index (κ1) is 15.8. The second-order valence-corrected chi connectivity index (χ2v) is 4.28. The largest absolute Gasteiger partial charge is 0.497 e. The minimum absolute atomic E-state index is 0.00187. The number of methoxy groups -OCH3 is 1. The summed E-state index contributed by atoms with van der Waals surface area (Å²) in [7, 11) is 5.02. The van der Waals surface area contributed by atoms with Crippen LogP contribution in [-0.2, 0) is 9.53 Å². The Morgan fingerprint density at radius 3 is 2.25 bits per heavy atom. The molecule has 0 aliphatic rings. The number of esters is 1. The Kier molecular flexibility index (Phi) is 5.77. The Bertz CT molecular complexity index is 503. The van der Waals surface area contributed by atoms with Gasteiger partial charge in [0.25, 0.3) is 0 Å². The molecule has 0 unspecified atom stereocenters. The lowest BCUT2D eigenvalue weighted by atomic mass is 10.0. The van der Waals surface area contributed by atoms with E-state index >= 15 is 0 Å². The van der Waals surface area contributed by atoms with E-state index in [0.29, 0.717) is 11.3 Å². The minimum Gasteiger partial charge on any atom is -0.497 e. The van der Waals surface area contributed by atoms with Crippen LogP contribution in [0.4, 0.5) is 0 Å². The molecule has 1 aromatic carbocycles. The Morgan fingerprint density at radius 1 is 1.20 bits per heavy atom. The number of hydrogen-bond acceptors (Lipinski definition) is 5. The summed E-state index contributed by atoms with van der Waals surface area (Å²) in [5.74, 6) is -0.349. The highest BCUT2D eigenvalue weighted by Gasteiger charge is 2.21. The van der Waals surface area contributed by atoms with Gasteiger partial charge in [0, 0.05) is 25.9 Å². The first-order chi connectivity index (χ1) is 9.49. The summed E-state index contributed by atoms with van der Waals surface area (Å²) in [6, 6.07) is 6.57. The summed E-state index contributed by atoms with van der Waals surface area (Å²) in [4.78, 5) is 25.8. The maximum Gasteiger partial charge on any atom is 0.343 e. The molecule has 108 valence electrons. The number of nitrogens with zero attached hydrogens (tertiary/aromatic N) is 1. The normalized spacial score (nSPS) is 10.9. The molecule has 1 aromatic rings. The van der Waals surface area contributed by atoms with Crippen LogP contribution in [0.2, 0.25) is 0 Å². The Labute approximate surface area is 118 Å². The average Bonchev–Trinajstić information content (AvgIpc) is 2.44. The fraction of sp³-hybridized carbons (Fsp3) is 0.333. The van der Waals surface area contributed by atoms with Gasteiger partial charge in [-0.3, -0.25) is 4.79 Å². The Hall–Kier alpha value is -2.30. The highest BCUT2D eigenvalue weighted by molar-refractivity contribution is 6.24. The molecular weight excluding hydrogens is 258 g/mol. The van der Waals surface area contributed by atoms with E-state index in [1.54, 1.807) is 57.3 Å². The third-order valence-corrected chi connectivity index (χ3v) is 2.48. The molecule has 0 aromatic heterocycles. The Balaban J connectivity index is 3.06. The summed E-state index contributed by atoms with van der Waals surface area (Å²) in [5.41, 5.74) is 0.411. The van der Waals surface area contributed by atoms with Crippen molar-refractivity contribution in [2.45, 2.75) is 6.92 Å². The summed E-state index contributed by atoms with van der Waals surface area (Å²) in [6.45, 7) is 1.92. The van der Waals surface area contributed by atoms with Crippen LogP contribution in [0.15, 0.2) is 36.0 Å². The van der Waals surface area contributed by atoms with Gasteiger partial charge >= 0.3 is 5.97 Å². The van der Waals surface area contributed by atoms with Crippen molar-refractivity contribution in [1.29, 1.82) is 0 Å². The second kappa shape index (κ2) is 7.33. The van der Waals surface area contributed by atoms with Gasteiger partial charge in [-0.25, -0.2) is 4.79 Å². The van der Waals surface area contributed by atoms with Crippen LogP contribution in [0.1, 0.15) is 17.3 Å². The molecule has 0 aliphatic carbocycles. The van der Waals surface area contributed by atoms with E-state index in [4.69, 9.17) is 9.47 Å². The van der Waals surface area contributed by atoms with Crippen molar-refractivity contribution in [2.24, 2.45) is 0 Å². The van der Waals surface area contributed by atoms with E-state index in [1.165, 1.54) is 6.20 Å². The lowest BCUT2D eigenvalue weighted by Gasteiger charge is -2.11. The van der Waals surface area contributed by atoms with E-state index in [1.807, 2.05) is 0 Å². The van der Waals surface area contributed by atoms with Crippen LogP contribution in [0, 0.1) is 0 Å². The second-order valence-electron chi connectivity index (χ2n) is 4.28. The molecule has 0 atom stereocenters. The van der Waals surface area contributed by atoms with Gasteiger partial charge in [0.1, 0.15) is 11.3 Å². The van der Waals surface area contributed by atoms with Crippen molar-refractivity contribution in [1.82, 2.24) is 4.90 Å². The molecule has 0 aliphatic heterocycles. The van der Waals surface area contributed by atoms with Gasteiger partial charge in [-0.15, -0.1) is 0 Å². The molecule has 20 heavy (non-hydrogen) atoms. The lowest BCUT2D eigenvalue weighted by molar-refractivity contribution is -0.138. The van der Waals surface area contributed by atoms with Crippen LogP contribution < -0.4 is 4.74 Å². The maximum absolute atomic E-state index is 12.4. The van der Waals surface area contributed by atoms with E-state index in [2.05, 4.69) is 0 Å². The van der Waals surface area contributed by atoms with Crippen LogP contribution in [0.5, 0.6) is 5.75 Å². The summed E-state index contributed by atoms with van der Waals surface area (Å²) >= 11 is 0. The molecule has 5 heteroatoms. The molecule has 0 amide bonds. The summed E-state index contributed by atoms with van der Waals surface area (Å²) in [5, 5.41) is 0. The van der Waals surface area contributed by atoms with Gasteiger partial charge < -0.3 is 14.4 Å². The maximum atomic E-state index is 12.4. The molecule has 0 saturated heterocycles. The van der Waals surface area contributed by atoms with Gasteiger partial charge in [-0.1, -0.05) is 0 Å². The molecular formula is C15H19NO4. The molecule has 0 bridgehead atoms. The Morgan fingerprint density at radius 2 is 1.80 bits per heavy atom. The van der Waals surface area contributed by atoms with Gasteiger partial charge in [-0.05, 0) is 31.2 Å². The average molecular weight is 277 g/mol. The van der Waals surface area contributed by atoms with Crippen molar-refractivity contribution in [3.05, 3.63) is 41.6 Å². The lowest BCUT2D eigenvalue weighted by Crippen LogP contribution is -2.19. The van der Waals surface area contributed by atoms with Gasteiger partial charge in [0.15, 0.2) is 0 Å². The fourth-order valence-electron chi connectivity index (χ4n) is 1.57. The smallest absolute Gasteiger partial charge is 0.343 e. The number of ether oxygens (including phenoxy) is 2. The zero-order valence-electron chi connectivity index (χ0n) is 12.2. The number of carbonyl (C=O) groups excluding carboxylic acids is 2. The van der Waals surface area contributed by atoms with E-state index in [-0.39, 0.29) is 18.0 Å². The number of benzene rings is 1. The van der Waals surface area contributed by atoms with Crippen molar-refractivity contribution in [3.8, 4) is 5.75 Å². The van der Waals surface area contributed by atoms with Gasteiger partial charge in [0.2, 0.25) is 5.78 Å². The zero-order valence-corrected chi connectivity index (χ0v) is 12.2. The monoisotopic (exact) mass is 277 g/mol. The quantitative estimate of drug-likeness (QED) is 0.261. The third kappa shape index (κ3) is 4.12. The molecule has 0 radical (unpaired) electrons. The van der Waals surface area contributed by atoms with Crippen molar-refractivity contribution < 1.29 is 19.1 Å². The van der Waals surface area contributed by atoms with Crippen molar-refractivity contribution in [2.75, 3.05) is 27.8 Å². The van der Waals surface area contributed by atoms with E-state index in [9.17, 15) is 9.59 Å². The summed E-state index contributed by atoms with van der Waals surface area (Å²) < 4.78 is 9.95. The van der Waals surface area contributed by atoms with Crippen molar-refractivity contribution in [3.63, 3.8) is 0 Å². The predicted molar refractivity (Wildman–Crippen MR) is 75.7 cm³/mol. The van der Waals surface area contributed by atoms with E-state index < -0.39 is 5.97 Å². The number of carbonyl (C=O) groups is 2. The molecule has 1 rings (SSSR count). The minimum atomic E-state index is -0.623. The van der Waals surface area contributed by atoms with Crippen LogP contribution in [-0.4, -0.2) is 44.5 Å². The number of Topliss-reactive ketones (excluding diaryl/α,β-unsaturated/α-hetero) is 1. The number of rotatable bonds is 6. The molecule has 0 spiro atoms. The highest BCUT2D eigenvalue weighted by Crippen LogP contribution is 2.15. The molecule has 5 nitrogen and oxygen atoms in total. The highest BCUT2D eigenvalue weighted by atomic mass is 16.5. The SMILES string of the molecule is CCOC(=O)/C(=C\N(C)C)C(=O)c1ccc(OC)cc1. The van der Waals surface area contributed by atoms with Crippen LogP contribution in [0.3, 0.4) is 0 Å². The molecule has 0 N–H and O–H groups in total. The van der Waals surface area contributed by atoms with Gasteiger partial charge in [-0.2, -0.15) is 0 Å². The van der Waals surface area contributed by atoms with Crippen molar-refractivity contribution >= 4 is 11.8 Å². The standard InChI is InChI=1S/C15H19NO4/c1-5-20-15(18)13(10-16(2)3)14(17)11-6-8-12(19-4)9-7-11/h6-10H,5H2,1-4H3/b13-10-. The molecule has 0 fully saturated rings. The van der Waals surface area contributed by atoms with Crippen LogP contribution >= 0.6 is 0 Å². The zero-order chi connectivity index (χ0) is 15.1. The molecule has 0 saturated carbocycles. The van der Waals surface area contributed by atoms with E-state index in [0.717, 1.165) is 0 Å². The van der Waals surface area contributed by atoms with Gasteiger partial charge in [0.05, 0.1) is 13.7 Å². The number of ketones is 1. The first-order valence-electron chi connectivity index (χ1n) is 6.23. The third-order valence-electron chi connectivity index (χ3n) is 2.48. The molecule has 0 heterocycles. The van der Waals surface area contributed by atoms with Crippen LogP contribution in [0.25, 0.3) is 0 Å². The number of hydrogen-bond donors (Lipinski definition) is 0. The topological polar surface area (TPSA) is 55.8 Å². The summed E-state index contributed by atoms with van der Waals surface area (Å²) in [6.07, 6.45) is 1.46.